The minimum absolute atomic E-state index is 0.0725. The third-order valence-corrected chi connectivity index (χ3v) is 5.16. The van der Waals surface area contributed by atoms with Gasteiger partial charge in [0.2, 0.25) is 0 Å². The second-order valence-corrected chi connectivity index (χ2v) is 6.66. The van der Waals surface area contributed by atoms with Crippen LogP contribution >= 0.6 is 50.4 Å². The van der Waals surface area contributed by atoms with E-state index in [0.29, 0.717) is 15.5 Å². The number of rotatable bonds is 6. The summed E-state index contributed by atoms with van der Waals surface area (Å²) in [4.78, 5) is 13.0. The molecule has 0 saturated carbocycles. The quantitative estimate of drug-likeness (QED) is 0.143. The number of carbonyl (C=O) groups excluding carboxylic acids is 1. The van der Waals surface area contributed by atoms with Crippen molar-refractivity contribution in [2.75, 3.05) is 10.2 Å². The summed E-state index contributed by atoms with van der Waals surface area (Å²) in [5.74, 6) is -0.828. The predicted molar refractivity (Wildman–Crippen MR) is 112 cm³/mol. The van der Waals surface area contributed by atoms with E-state index in [-0.39, 0.29) is 16.2 Å². The average Bonchev–Trinajstić information content (AvgIpc) is 2.60. The lowest BCUT2D eigenvalue weighted by molar-refractivity contribution is 0.103. The molecule has 0 aliphatic carbocycles. The zero-order valence-corrected chi connectivity index (χ0v) is 17.3. The Kier molecular flexibility index (Phi) is 7.15. The Bertz CT molecular complexity index is 912. The van der Waals surface area contributed by atoms with Gasteiger partial charge in [0.05, 0.1) is 39.1 Å². The molecule has 0 aliphatic heterocycles. The molecule has 0 aliphatic rings. The minimum atomic E-state index is -0.700. The fourth-order valence-corrected chi connectivity index (χ4v) is 3.71. The molecular formula is C18H12BrClF2INO. The van der Waals surface area contributed by atoms with Crippen molar-refractivity contribution in [3.05, 3.63) is 75.5 Å². The van der Waals surface area contributed by atoms with E-state index in [4.69, 9.17) is 11.6 Å². The average molecular weight is 539 g/mol. The molecule has 2 nitrogen and oxygen atoms in total. The van der Waals surface area contributed by atoms with Crippen molar-refractivity contribution in [3.63, 3.8) is 0 Å². The van der Waals surface area contributed by atoms with Gasteiger partial charge < -0.3 is 3.53 Å². The van der Waals surface area contributed by atoms with Crippen LogP contribution in [0.2, 0.25) is 0 Å². The third-order valence-electron chi connectivity index (χ3n) is 3.43. The van der Waals surface area contributed by atoms with Crippen LogP contribution in [0.1, 0.15) is 10.4 Å². The SMILES string of the molecule is C=C/C(C(=O)c1c(NI)cc2ccc(F)cc2c1Br)=C(Cl)\C=C/CF. The lowest BCUT2D eigenvalue weighted by atomic mass is 9.97. The highest BCUT2D eigenvalue weighted by Crippen LogP contribution is 2.37. The van der Waals surface area contributed by atoms with Crippen LogP contribution in [0.15, 0.2) is 64.2 Å². The number of Topliss-reactive ketones (excluding diaryl/α,β-unsaturated/α-hetero) is 1. The summed E-state index contributed by atoms with van der Waals surface area (Å²) in [6.45, 7) is 2.91. The highest BCUT2D eigenvalue weighted by atomic mass is 127. The van der Waals surface area contributed by atoms with Crippen LogP contribution in [0.25, 0.3) is 10.8 Å². The molecule has 0 saturated heterocycles. The topological polar surface area (TPSA) is 29.1 Å². The first-order valence-electron chi connectivity index (χ1n) is 7.02. The number of carbonyl (C=O) groups is 1. The zero-order valence-electron chi connectivity index (χ0n) is 12.8. The fraction of sp³-hybridized carbons (Fsp3) is 0.0556. The van der Waals surface area contributed by atoms with E-state index in [1.54, 1.807) is 12.1 Å². The Hall–Kier alpha value is -1.25. The number of allylic oxidation sites excluding steroid dienone is 5. The number of anilines is 1. The molecule has 0 unspecified atom stereocenters. The molecule has 2 rings (SSSR count). The lowest BCUT2D eigenvalue weighted by Gasteiger charge is -2.14. The Balaban J connectivity index is 2.74. The van der Waals surface area contributed by atoms with Gasteiger partial charge >= 0.3 is 0 Å². The van der Waals surface area contributed by atoms with Crippen molar-refractivity contribution < 1.29 is 13.6 Å². The molecule has 0 aromatic heterocycles. The molecule has 2 aromatic carbocycles. The molecule has 0 atom stereocenters. The fourth-order valence-electron chi connectivity index (χ4n) is 2.29. The number of halogens is 5. The summed E-state index contributed by atoms with van der Waals surface area (Å²) in [5.41, 5.74) is 0.944. The minimum Gasteiger partial charge on any atom is -0.328 e. The molecule has 0 amide bonds. The first-order valence-corrected chi connectivity index (χ1v) is 9.27. The summed E-state index contributed by atoms with van der Waals surface area (Å²) in [6, 6.07) is 6.06. The maximum absolute atomic E-state index is 13.6. The van der Waals surface area contributed by atoms with E-state index in [1.165, 1.54) is 30.4 Å². The van der Waals surface area contributed by atoms with Gasteiger partial charge in [-0.1, -0.05) is 36.4 Å². The summed E-state index contributed by atoms with van der Waals surface area (Å²) in [5, 5.41) is 1.39. The Morgan fingerprint density at radius 1 is 1.40 bits per heavy atom. The predicted octanol–water partition coefficient (Wildman–Crippen LogP) is 6.89. The van der Waals surface area contributed by atoms with Crippen molar-refractivity contribution in [2.24, 2.45) is 0 Å². The standard InChI is InChI=1S/C18H12BrClF2INO/c1-2-12(14(20)4-3-7-21)18(25)16-15(24-23)8-10-5-6-11(22)9-13(10)17(16)19/h2-6,8-9,24H,1,7H2/b4-3-,14-12-. The maximum atomic E-state index is 13.6. The van der Waals surface area contributed by atoms with E-state index in [1.807, 2.05) is 22.9 Å². The normalized spacial score (nSPS) is 12.4. The molecule has 0 spiro atoms. The molecule has 130 valence electrons. The monoisotopic (exact) mass is 537 g/mol. The highest BCUT2D eigenvalue weighted by molar-refractivity contribution is 14.1. The number of benzene rings is 2. The van der Waals surface area contributed by atoms with Gasteiger partial charge in [0.15, 0.2) is 5.78 Å². The molecule has 0 fully saturated rings. The van der Waals surface area contributed by atoms with Crippen LogP contribution in [0.3, 0.4) is 0 Å². The molecule has 0 heterocycles. The number of alkyl halides is 1. The molecule has 7 heteroatoms. The summed E-state index contributed by atoms with van der Waals surface area (Å²) in [7, 11) is 0. The zero-order chi connectivity index (χ0) is 18.6. The Morgan fingerprint density at radius 2 is 2.12 bits per heavy atom. The van der Waals surface area contributed by atoms with Crippen LogP contribution in [0.5, 0.6) is 0 Å². The number of hydrogen-bond acceptors (Lipinski definition) is 2. The van der Waals surface area contributed by atoms with Crippen molar-refractivity contribution in [3.8, 4) is 0 Å². The van der Waals surface area contributed by atoms with E-state index >= 15 is 0 Å². The van der Waals surface area contributed by atoms with Crippen molar-refractivity contribution in [2.45, 2.75) is 0 Å². The first kappa shape index (κ1) is 20.1. The van der Waals surface area contributed by atoms with Crippen LogP contribution in [-0.2, 0) is 0 Å². The van der Waals surface area contributed by atoms with Crippen LogP contribution in [0.4, 0.5) is 14.5 Å². The van der Waals surface area contributed by atoms with Crippen molar-refractivity contribution in [1.29, 1.82) is 0 Å². The van der Waals surface area contributed by atoms with Gasteiger partial charge in [-0.05, 0) is 51.0 Å². The van der Waals surface area contributed by atoms with Crippen molar-refractivity contribution in [1.82, 2.24) is 0 Å². The highest BCUT2D eigenvalue weighted by Gasteiger charge is 2.22. The van der Waals surface area contributed by atoms with E-state index in [2.05, 4.69) is 26.0 Å². The molecule has 2 aromatic rings. The van der Waals surface area contributed by atoms with Gasteiger partial charge in [0, 0.05) is 10.0 Å². The van der Waals surface area contributed by atoms with Gasteiger partial charge in [0.25, 0.3) is 0 Å². The largest absolute Gasteiger partial charge is 0.328 e. The van der Waals surface area contributed by atoms with E-state index in [0.717, 1.165) is 5.39 Å². The summed E-state index contributed by atoms with van der Waals surface area (Å²) >= 11 is 11.4. The van der Waals surface area contributed by atoms with Gasteiger partial charge in [-0.25, -0.2) is 8.78 Å². The smallest absolute Gasteiger partial charge is 0.197 e. The van der Waals surface area contributed by atoms with Crippen LogP contribution in [-0.4, -0.2) is 12.5 Å². The first-order chi connectivity index (χ1) is 11.9. The van der Waals surface area contributed by atoms with Gasteiger partial charge in [0.1, 0.15) is 12.5 Å². The molecule has 25 heavy (non-hydrogen) atoms. The van der Waals surface area contributed by atoms with Crippen LogP contribution in [0, 0.1) is 5.82 Å². The number of hydrogen-bond donors (Lipinski definition) is 1. The van der Waals surface area contributed by atoms with E-state index < -0.39 is 18.3 Å². The molecule has 1 N–H and O–H groups in total. The second-order valence-electron chi connectivity index (χ2n) is 4.92. The number of nitrogens with one attached hydrogen (secondary N) is 1. The summed E-state index contributed by atoms with van der Waals surface area (Å²) in [6.07, 6.45) is 3.82. The van der Waals surface area contributed by atoms with E-state index in [9.17, 15) is 13.6 Å². The third kappa shape index (κ3) is 4.30. The Labute approximate surface area is 171 Å². The van der Waals surface area contributed by atoms with Gasteiger partial charge in [-0.15, -0.1) is 0 Å². The number of ketones is 1. The number of fused-ring (bicyclic) bond motifs is 1. The summed E-state index contributed by atoms with van der Waals surface area (Å²) < 4.78 is 29.3. The molecule has 0 bridgehead atoms. The van der Waals surface area contributed by atoms with Gasteiger partial charge in [-0.3, -0.25) is 4.79 Å². The second kappa shape index (κ2) is 8.91. The van der Waals surface area contributed by atoms with Crippen LogP contribution < -0.4 is 3.53 Å². The van der Waals surface area contributed by atoms with Crippen molar-refractivity contribution >= 4 is 72.6 Å². The molecule has 0 radical (unpaired) electrons. The molecular weight excluding hydrogens is 526 g/mol. The maximum Gasteiger partial charge on any atom is 0.197 e. The van der Waals surface area contributed by atoms with Gasteiger partial charge in [-0.2, -0.15) is 0 Å². The Morgan fingerprint density at radius 3 is 2.72 bits per heavy atom. The lowest BCUT2D eigenvalue weighted by Crippen LogP contribution is -2.07.